The number of likely N-dealkylation sites (N-methyl/N-ethyl adjacent to an activating group) is 2. The third-order valence-corrected chi connectivity index (χ3v) is 3.85. The van der Waals surface area contributed by atoms with E-state index < -0.39 is 0 Å². The molecule has 2 heterocycles. The number of rotatable bonds is 1. The minimum atomic E-state index is 0.848. The molecule has 0 aromatic rings. The lowest BCUT2D eigenvalue weighted by molar-refractivity contribution is 0.106. The van der Waals surface area contributed by atoms with Crippen molar-refractivity contribution in [3.8, 4) is 0 Å². The summed E-state index contributed by atoms with van der Waals surface area (Å²) in [5, 5.41) is 0. The molecular weight excluding hydrogens is 160 g/mol. The van der Waals surface area contributed by atoms with Gasteiger partial charge in [-0.05, 0) is 52.9 Å². The lowest BCUT2D eigenvalue weighted by Crippen LogP contribution is -2.48. The number of hydrogen-bond acceptors (Lipinski definition) is 2. The second kappa shape index (κ2) is 3.97. The van der Waals surface area contributed by atoms with Gasteiger partial charge in [0.05, 0.1) is 0 Å². The van der Waals surface area contributed by atoms with Crippen molar-refractivity contribution in [3.63, 3.8) is 0 Å². The molecule has 0 aromatic carbocycles. The third-order valence-electron chi connectivity index (χ3n) is 3.85. The zero-order valence-corrected chi connectivity index (χ0v) is 9.00. The molecule has 2 fully saturated rings. The zero-order chi connectivity index (χ0) is 9.26. The molecule has 0 saturated carbocycles. The number of hydrogen-bond donors (Lipinski definition) is 0. The fraction of sp³-hybridized carbons (Fsp3) is 1.00. The van der Waals surface area contributed by atoms with Crippen LogP contribution in [0.3, 0.4) is 0 Å². The maximum Gasteiger partial charge on any atom is 0.0248 e. The lowest BCUT2D eigenvalue weighted by atomic mass is 9.95. The van der Waals surface area contributed by atoms with E-state index in [9.17, 15) is 0 Å². The summed E-state index contributed by atoms with van der Waals surface area (Å²) in [5.74, 6) is 0. The van der Waals surface area contributed by atoms with Gasteiger partial charge in [0.15, 0.2) is 0 Å². The maximum absolute atomic E-state index is 2.58. The van der Waals surface area contributed by atoms with Gasteiger partial charge in [0.25, 0.3) is 0 Å². The van der Waals surface area contributed by atoms with E-state index in [1.54, 1.807) is 0 Å². The average Bonchev–Trinajstić information content (AvgIpc) is 2.52. The first-order chi connectivity index (χ1) is 6.29. The molecule has 2 rings (SSSR count). The van der Waals surface area contributed by atoms with Gasteiger partial charge in [-0.15, -0.1) is 0 Å². The van der Waals surface area contributed by atoms with Crippen LogP contribution in [0.25, 0.3) is 0 Å². The van der Waals surface area contributed by atoms with Crippen LogP contribution in [-0.2, 0) is 0 Å². The predicted molar refractivity (Wildman–Crippen MR) is 55.9 cm³/mol. The van der Waals surface area contributed by atoms with Crippen molar-refractivity contribution in [1.29, 1.82) is 0 Å². The Morgan fingerprint density at radius 1 is 0.769 bits per heavy atom. The Balaban J connectivity index is 1.97. The quantitative estimate of drug-likeness (QED) is 0.607. The summed E-state index contributed by atoms with van der Waals surface area (Å²) in [6, 6.07) is 1.70. The van der Waals surface area contributed by atoms with Crippen LogP contribution in [0.15, 0.2) is 0 Å². The molecule has 2 unspecified atom stereocenters. The summed E-state index contributed by atoms with van der Waals surface area (Å²) >= 11 is 0. The molecule has 13 heavy (non-hydrogen) atoms. The first kappa shape index (κ1) is 9.47. The Hall–Kier alpha value is -0.0800. The topological polar surface area (TPSA) is 6.48 Å². The molecule has 0 N–H and O–H groups in total. The van der Waals surface area contributed by atoms with E-state index in [1.165, 1.54) is 45.2 Å². The van der Waals surface area contributed by atoms with Crippen molar-refractivity contribution in [2.75, 3.05) is 27.2 Å². The standard InChI is InChI=1S/C11H22N2/c1-12-8-4-3-6-10(12)11-7-5-9-13(11)2/h10-11H,3-9H2,1-2H3. The van der Waals surface area contributed by atoms with E-state index in [-0.39, 0.29) is 0 Å². The summed E-state index contributed by atoms with van der Waals surface area (Å²) in [5.41, 5.74) is 0. The van der Waals surface area contributed by atoms with Crippen molar-refractivity contribution in [2.45, 2.75) is 44.2 Å². The van der Waals surface area contributed by atoms with Gasteiger partial charge in [0.2, 0.25) is 0 Å². The number of piperidine rings is 1. The lowest BCUT2D eigenvalue weighted by Gasteiger charge is -2.39. The number of likely N-dealkylation sites (tertiary alicyclic amines) is 2. The highest BCUT2D eigenvalue weighted by Crippen LogP contribution is 2.26. The van der Waals surface area contributed by atoms with E-state index in [2.05, 4.69) is 23.9 Å². The predicted octanol–water partition coefficient (Wildman–Crippen LogP) is 1.56. The van der Waals surface area contributed by atoms with E-state index in [0.29, 0.717) is 0 Å². The normalized spacial score (nSPS) is 38.3. The van der Waals surface area contributed by atoms with Crippen LogP contribution in [0.1, 0.15) is 32.1 Å². The van der Waals surface area contributed by atoms with Gasteiger partial charge in [0.1, 0.15) is 0 Å². The Kier molecular flexibility index (Phi) is 2.89. The van der Waals surface area contributed by atoms with Gasteiger partial charge in [-0.1, -0.05) is 6.42 Å². The monoisotopic (exact) mass is 182 g/mol. The van der Waals surface area contributed by atoms with Crippen molar-refractivity contribution >= 4 is 0 Å². The van der Waals surface area contributed by atoms with Crippen LogP contribution >= 0.6 is 0 Å². The summed E-state index contributed by atoms with van der Waals surface area (Å²) in [4.78, 5) is 5.14. The Morgan fingerprint density at radius 2 is 1.31 bits per heavy atom. The molecule has 2 aliphatic heterocycles. The van der Waals surface area contributed by atoms with Gasteiger partial charge in [-0.25, -0.2) is 0 Å². The molecule has 0 aliphatic carbocycles. The molecule has 2 heteroatoms. The molecule has 0 spiro atoms. The largest absolute Gasteiger partial charge is 0.302 e. The molecule has 2 aliphatic rings. The first-order valence-electron chi connectivity index (χ1n) is 5.69. The van der Waals surface area contributed by atoms with E-state index in [0.717, 1.165) is 12.1 Å². The highest BCUT2D eigenvalue weighted by molar-refractivity contribution is 4.90. The van der Waals surface area contributed by atoms with E-state index >= 15 is 0 Å². The highest BCUT2D eigenvalue weighted by atomic mass is 15.2. The zero-order valence-electron chi connectivity index (χ0n) is 9.00. The van der Waals surface area contributed by atoms with Gasteiger partial charge >= 0.3 is 0 Å². The van der Waals surface area contributed by atoms with Gasteiger partial charge < -0.3 is 9.80 Å². The van der Waals surface area contributed by atoms with Gasteiger partial charge in [0, 0.05) is 12.1 Å². The fourth-order valence-electron chi connectivity index (χ4n) is 3.01. The summed E-state index contributed by atoms with van der Waals surface area (Å²) < 4.78 is 0. The molecule has 2 saturated heterocycles. The molecule has 2 atom stereocenters. The summed E-state index contributed by atoms with van der Waals surface area (Å²) in [6.07, 6.45) is 7.10. The van der Waals surface area contributed by atoms with Crippen LogP contribution < -0.4 is 0 Å². The third kappa shape index (κ3) is 1.89. The second-order valence-corrected chi connectivity index (χ2v) is 4.73. The van der Waals surface area contributed by atoms with Gasteiger partial charge in [-0.3, -0.25) is 0 Å². The fourth-order valence-corrected chi connectivity index (χ4v) is 3.01. The van der Waals surface area contributed by atoms with Crippen molar-refractivity contribution < 1.29 is 0 Å². The molecule has 0 amide bonds. The van der Waals surface area contributed by atoms with Crippen LogP contribution in [0, 0.1) is 0 Å². The first-order valence-corrected chi connectivity index (χ1v) is 5.69. The minimum Gasteiger partial charge on any atom is -0.302 e. The highest BCUT2D eigenvalue weighted by Gasteiger charge is 2.32. The Labute approximate surface area is 81.9 Å². The SMILES string of the molecule is CN1CCCCC1C1CCCN1C. The summed E-state index contributed by atoms with van der Waals surface area (Å²) in [7, 11) is 4.59. The molecule has 0 bridgehead atoms. The van der Waals surface area contributed by atoms with Crippen molar-refractivity contribution in [3.05, 3.63) is 0 Å². The Bertz CT molecular complexity index is 169. The van der Waals surface area contributed by atoms with Crippen LogP contribution in [0.5, 0.6) is 0 Å². The summed E-state index contributed by atoms with van der Waals surface area (Å²) in [6.45, 7) is 2.63. The molecular formula is C11H22N2. The van der Waals surface area contributed by atoms with Crippen LogP contribution in [0.4, 0.5) is 0 Å². The number of nitrogens with zero attached hydrogens (tertiary/aromatic N) is 2. The van der Waals surface area contributed by atoms with Crippen LogP contribution in [0.2, 0.25) is 0 Å². The Morgan fingerprint density at radius 3 is 1.77 bits per heavy atom. The molecule has 0 aromatic heterocycles. The molecule has 0 radical (unpaired) electrons. The minimum absolute atomic E-state index is 0.848. The molecule has 76 valence electrons. The van der Waals surface area contributed by atoms with E-state index in [1.807, 2.05) is 0 Å². The maximum atomic E-state index is 2.58. The average molecular weight is 182 g/mol. The van der Waals surface area contributed by atoms with Gasteiger partial charge in [-0.2, -0.15) is 0 Å². The van der Waals surface area contributed by atoms with E-state index in [4.69, 9.17) is 0 Å². The molecule has 2 nitrogen and oxygen atoms in total. The van der Waals surface area contributed by atoms with Crippen molar-refractivity contribution in [1.82, 2.24) is 9.80 Å². The van der Waals surface area contributed by atoms with Crippen molar-refractivity contribution in [2.24, 2.45) is 0 Å². The van der Waals surface area contributed by atoms with Crippen LogP contribution in [-0.4, -0.2) is 49.1 Å². The second-order valence-electron chi connectivity index (χ2n) is 4.73. The smallest absolute Gasteiger partial charge is 0.0248 e.